The van der Waals surface area contributed by atoms with Crippen LogP contribution in [0.1, 0.15) is 18.4 Å². The summed E-state index contributed by atoms with van der Waals surface area (Å²) in [5.74, 6) is -0.0130. The molecule has 0 heterocycles. The number of aliphatic hydroxyl groups is 1. The van der Waals surface area contributed by atoms with Gasteiger partial charge in [0.2, 0.25) is 0 Å². The molecule has 1 fully saturated rings. The number of hydrogen-bond donors (Lipinski definition) is 1. The van der Waals surface area contributed by atoms with Gasteiger partial charge in [0.15, 0.2) is 11.6 Å². The van der Waals surface area contributed by atoms with Crippen molar-refractivity contribution in [3.63, 3.8) is 0 Å². The summed E-state index contributed by atoms with van der Waals surface area (Å²) >= 11 is 0. The second-order valence-corrected chi connectivity index (χ2v) is 4.27. The van der Waals surface area contributed by atoms with Gasteiger partial charge in [0.05, 0.1) is 7.11 Å². The van der Waals surface area contributed by atoms with Crippen molar-refractivity contribution in [1.29, 1.82) is 0 Å². The van der Waals surface area contributed by atoms with E-state index >= 15 is 0 Å². The van der Waals surface area contributed by atoms with Crippen molar-refractivity contribution < 1.29 is 14.2 Å². The zero-order valence-electron chi connectivity index (χ0n) is 8.79. The smallest absolute Gasteiger partial charge is 0.168 e. The summed E-state index contributed by atoms with van der Waals surface area (Å²) in [4.78, 5) is 0. The van der Waals surface area contributed by atoms with E-state index in [0.717, 1.165) is 12.8 Å². The van der Waals surface area contributed by atoms with E-state index in [1.54, 1.807) is 18.2 Å². The first-order valence-electron chi connectivity index (χ1n) is 5.13. The van der Waals surface area contributed by atoms with Crippen LogP contribution in [-0.4, -0.2) is 18.8 Å². The fourth-order valence-corrected chi connectivity index (χ4v) is 1.82. The van der Waals surface area contributed by atoms with Crippen molar-refractivity contribution in [1.82, 2.24) is 0 Å². The molecule has 1 aromatic rings. The Bertz CT molecular complexity index is 359. The molecule has 3 heteroatoms. The molecule has 2 nitrogen and oxygen atoms in total. The number of ether oxygens (including phenoxy) is 1. The summed E-state index contributed by atoms with van der Waals surface area (Å²) in [6.07, 6.45) is 2.58. The Labute approximate surface area is 88.7 Å². The van der Waals surface area contributed by atoms with Crippen LogP contribution in [0.15, 0.2) is 18.2 Å². The maximum Gasteiger partial charge on any atom is 0.168 e. The molecule has 0 unspecified atom stereocenters. The van der Waals surface area contributed by atoms with Gasteiger partial charge in [0.25, 0.3) is 0 Å². The largest absolute Gasteiger partial charge is 0.494 e. The first-order valence-corrected chi connectivity index (χ1v) is 5.13. The molecule has 1 saturated carbocycles. The molecule has 15 heavy (non-hydrogen) atoms. The van der Waals surface area contributed by atoms with E-state index in [9.17, 15) is 9.50 Å². The van der Waals surface area contributed by atoms with E-state index in [2.05, 4.69) is 0 Å². The SMILES string of the molecule is COc1cccc(CC2(CO)CC2)c1F. The van der Waals surface area contributed by atoms with Gasteiger partial charge in [-0.3, -0.25) is 0 Å². The molecule has 82 valence electrons. The van der Waals surface area contributed by atoms with E-state index in [4.69, 9.17) is 4.74 Å². The van der Waals surface area contributed by atoms with Crippen molar-refractivity contribution in [2.45, 2.75) is 19.3 Å². The maximum atomic E-state index is 13.8. The van der Waals surface area contributed by atoms with Gasteiger partial charge in [-0.25, -0.2) is 4.39 Å². The molecule has 0 saturated heterocycles. The Morgan fingerprint density at radius 1 is 1.47 bits per heavy atom. The molecule has 1 N–H and O–H groups in total. The molecule has 1 aliphatic carbocycles. The lowest BCUT2D eigenvalue weighted by atomic mass is 9.97. The second kappa shape index (κ2) is 3.81. The molecule has 0 aromatic heterocycles. The van der Waals surface area contributed by atoms with Crippen molar-refractivity contribution in [2.75, 3.05) is 13.7 Å². The van der Waals surface area contributed by atoms with Gasteiger partial charge in [0, 0.05) is 6.61 Å². The van der Waals surface area contributed by atoms with Crippen LogP contribution in [-0.2, 0) is 6.42 Å². The monoisotopic (exact) mass is 210 g/mol. The summed E-state index contributed by atoms with van der Waals surface area (Å²) in [5, 5.41) is 9.18. The van der Waals surface area contributed by atoms with Crippen LogP contribution in [0.4, 0.5) is 4.39 Å². The van der Waals surface area contributed by atoms with Crippen molar-refractivity contribution >= 4 is 0 Å². The molecular weight excluding hydrogens is 195 g/mol. The Morgan fingerprint density at radius 2 is 2.20 bits per heavy atom. The highest BCUT2D eigenvalue weighted by molar-refractivity contribution is 5.32. The third kappa shape index (κ3) is 1.97. The van der Waals surface area contributed by atoms with Crippen LogP contribution in [0, 0.1) is 11.2 Å². The fourth-order valence-electron chi connectivity index (χ4n) is 1.82. The average Bonchev–Trinajstić information content (AvgIpc) is 3.02. The lowest BCUT2D eigenvalue weighted by Crippen LogP contribution is -2.11. The van der Waals surface area contributed by atoms with Crippen LogP contribution >= 0.6 is 0 Å². The molecule has 0 aliphatic heterocycles. The molecule has 0 atom stereocenters. The number of aliphatic hydroxyl groups excluding tert-OH is 1. The molecule has 2 rings (SSSR count). The Kier molecular flexibility index (Phi) is 2.65. The lowest BCUT2D eigenvalue weighted by Gasteiger charge is -2.13. The predicted octanol–water partition coefficient (Wildman–Crippen LogP) is 2.15. The van der Waals surface area contributed by atoms with Gasteiger partial charge in [-0.05, 0) is 36.3 Å². The molecule has 1 aliphatic rings. The summed E-state index contributed by atoms with van der Waals surface area (Å²) in [7, 11) is 1.46. The first kappa shape index (κ1) is 10.4. The van der Waals surface area contributed by atoms with Crippen LogP contribution < -0.4 is 4.74 Å². The molecule has 0 radical (unpaired) electrons. The molecule has 0 amide bonds. The maximum absolute atomic E-state index is 13.8. The van der Waals surface area contributed by atoms with Gasteiger partial charge < -0.3 is 9.84 Å². The zero-order chi connectivity index (χ0) is 10.9. The van der Waals surface area contributed by atoms with Gasteiger partial charge in [0.1, 0.15) is 0 Å². The van der Waals surface area contributed by atoms with Crippen molar-refractivity contribution in [3.05, 3.63) is 29.6 Å². The number of benzene rings is 1. The Hall–Kier alpha value is -1.09. The predicted molar refractivity (Wildman–Crippen MR) is 55.4 cm³/mol. The first-order chi connectivity index (χ1) is 7.21. The minimum atomic E-state index is -0.292. The molecule has 0 spiro atoms. The summed E-state index contributed by atoms with van der Waals surface area (Å²) < 4.78 is 18.7. The van der Waals surface area contributed by atoms with E-state index < -0.39 is 0 Å². The molecule has 1 aromatic carbocycles. The third-order valence-electron chi connectivity index (χ3n) is 3.12. The minimum absolute atomic E-state index is 0.0623. The number of rotatable bonds is 4. The van der Waals surface area contributed by atoms with Gasteiger partial charge in [-0.1, -0.05) is 12.1 Å². The Morgan fingerprint density at radius 3 is 2.73 bits per heavy atom. The van der Waals surface area contributed by atoms with Crippen molar-refractivity contribution in [3.8, 4) is 5.75 Å². The van der Waals surface area contributed by atoms with E-state index in [1.165, 1.54) is 7.11 Å². The topological polar surface area (TPSA) is 29.5 Å². The summed E-state index contributed by atoms with van der Waals surface area (Å²) in [6, 6.07) is 5.15. The van der Waals surface area contributed by atoms with Gasteiger partial charge >= 0.3 is 0 Å². The minimum Gasteiger partial charge on any atom is -0.494 e. The van der Waals surface area contributed by atoms with Gasteiger partial charge in [-0.15, -0.1) is 0 Å². The lowest BCUT2D eigenvalue weighted by molar-refractivity contribution is 0.210. The quantitative estimate of drug-likeness (QED) is 0.825. The van der Waals surface area contributed by atoms with Crippen LogP contribution in [0.3, 0.4) is 0 Å². The zero-order valence-corrected chi connectivity index (χ0v) is 8.79. The number of methoxy groups -OCH3 is 1. The second-order valence-electron chi connectivity index (χ2n) is 4.27. The Balaban J connectivity index is 2.21. The summed E-state index contributed by atoms with van der Waals surface area (Å²) in [5.41, 5.74) is 0.577. The third-order valence-corrected chi connectivity index (χ3v) is 3.12. The number of halogens is 1. The molecule has 0 bridgehead atoms. The highest BCUT2D eigenvalue weighted by Gasteiger charge is 2.42. The van der Waals surface area contributed by atoms with Gasteiger partial charge in [-0.2, -0.15) is 0 Å². The number of hydrogen-bond acceptors (Lipinski definition) is 2. The van der Waals surface area contributed by atoms with E-state index in [1.807, 2.05) is 0 Å². The fraction of sp³-hybridized carbons (Fsp3) is 0.500. The van der Waals surface area contributed by atoms with Crippen LogP contribution in [0.5, 0.6) is 5.75 Å². The highest BCUT2D eigenvalue weighted by atomic mass is 19.1. The van der Waals surface area contributed by atoms with Crippen molar-refractivity contribution in [2.24, 2.45) is 5.41 Å². The van der Waals surface area contributed by atoms with E-state index in [0.29, 0.717) is 12.0 Å². The summed E-state index contributed by atoms with van der Waals surface area (Å²) in [6.45, 7) is 0.143. The van der Waals surface area contributed by atoms with E-state index in [-0.39, 0.29) is 23.6 Å². The standard InChI is InChI=1S/C12H15FO2/c1-15-10-4-2-3-9(11(10)13)7-12(8-14)5-6-12/h2-4,14H,5-8H2,1H3. The van der Waals surface area contributed by atoms with Crippen LogP contribution in [0.2, 0.25) is 0 Å². The average molecular weight is 210 g/mol. The molecular formula is C12H15FO2. The normalized spacial score (nSPS) is 17.5. The highest BCUT2D eigenvalue weighted by Crippen LogP contribution is 2.48. The van der Waals surface area contributed by atoms with Crippen LogP contribution in [0.25, 0.3) is 0 Å².